The van der Waals surface area contributed by atoms with E-state index in [0.29, 0.717) is 6.54 Å². The molecule has 7 nitrogen and oxygen atoms in total. The fraction of sp³-hybridized carbons (Fsp3) is 0.545. The predicted molar refractivity (Wildman–Crippen MR) is 70.5 cm³/mol. The molecule has 104 valence electrons. The third-order valence-corrected chi connectivity index (χ3v) is 3.81. The van der Waals surface area contributed by atoms with E-state index >= 15 is 0 Å². The Balaban J connectivity index is 1.91. The second kappa shape index (κ2) is 5.62. The van der Waals surface area contributed by atoms with Crippen LogP contribution in [0.1, 0.15) is 13.3 Å². The lowest BCUT2D eigenvalue weighted by molar-refractivity contribution is -0.144. The molecule has 2 heterocycles. The maximum absolute atomic E-state index is 11.8. The summed E-state index contributed by atoms with van der Waals surface area (Å²) in [4.78, 5) is 28.9. The Hall–Kier alpha value is -1.54. The number of carboxylic acid groups (broad SMARTS) is 1. The molecule has 0 fully saturated rings. The van der Waals surface area contributed by atoms with Crippen LogP contribution in [0.15, 0.2) is 16.1 Å². The average Bonchev–Trinajstić information content (AvgIpc) is 2.90. The van der Waals surface area contributed by atoms with Crippen molar-refractivity contribution in [1.82, 2.24) is 10.2 Å². The molecule has 0 aromatic rings. The summed E-state index contributed by atoms with van der Waals surface area (Å²) in [5.74, 6) is -1.67. The lowest BCUT2D eigenvalue weighted by Gasteiger charge is -2.19. The monoisotopic (exact) mass is 285 g/mol. The van der Waals surface area contributed by atoms with E-state index in [-0.39, 0.29) is 6.42 Å². The number of aliphatic hydroxyl groups is 1. The Bertz CT molecular complexity index is 461. The molecule has 19 heavy (non-hydrogen) atoms. The van der Waals surface area contributed by atoms with Gasteiger partial charge in [0.2, 0.25) is 5.91 Å². The highest BCUT2D eigenvalue weighted by atomic mass is 32.2. The molecule has 0 aliphatic carbocycles. The van der Waals surface area contributed by atoms with Crippen LogP contribution in [-0.4, -0.2) is 57.4 Å². The lowest BCUT2D eigenvalue weighted by Crippen LogP contribution is -2.48. The zero-order valence-corrected chi connectivity index (χ0v) is 11.2. The molecular weight excluding hydrogens is 270 g/mol. The van der Waals surface area contributed by atoms with Crippen LogP contribution < -0.4 is 5.32 Å². The molecule has 3 N–H and O–H groups in total. The number of aliphatic imine (C=N–C) groups is 1. The molecule has 0 saturated carbocycles. The van der Waals surface area contributed by atoms with Gasteiger partial charge in [-0.3, -0.25) is 9.79 Å². The first-order valence-electron chi connectivity index (χ1n) is 5.87. The largest absolute Gasteiger partial charge is 0.480 e. The first kappa shape index (κ1) is 13.9. The minimum absolute atomic E-state index is 0.0858. The van der Waals surface area contributed by atoms with Crippen molar-refractivity contribution in [3.05, 3.63) is 11.1 Å². The summed E-state index contributed by atoms with van der Waals surface area (Å²) in [5, 5.41) is 23.2. The van der Waals surface area contributed by atoms with E-state index in [9.17, 15) is 14.7 Å². The van der Waals surface area contributed by atoms with Crippen LogP contribution in [0, 0.1) is 0 Å². The zero-order valence-electron chi connectivity index (χ0n) is 10.4. The van der Waals surface area contributed by atoms with Gasteiger partial charge in [0.25, 0.3) is 0 Å². The third kappa shape index (κ3) is 3.07. The molecule has 0 spiro atoms. The zero-order chi connectivity index (χ0) is 14.0. The van der Waals surface area contributed by atoms with Crippen LogP contribution in [0.2, 0.25) is 0 Å². The SMILES string of the molecule is CC(O)C(NC(=O)CC1=CSC2=NCCN12)C(=O)O. The van der Waals surface area contributed by atoms with Crippen molar-refractivity contribution in [2.24, 2.45) is 4.99 Å². The molecule has 1 amide bonds. The molecule has 0 aromatic heterocycles. The number of amides is 1. The van der Waals surface area contributed by atoms with Gasteiger partial charge in [-0.2, -0.15) is 0 Å². The molecule has 8 heteroatoms. The van der Waals surface area contributed by atoms with E-state index in [1.54, 1.807) is 0 Å². The number of hydrogen-bond acceptors (Lipinski definition) is 6. The van der Waals surface area contributed by atoms with E-state index in [1.165, 1.54) is 18.7 Å². The average molecular weight is 285 g/mol. The summed E-state index contributed by atoms with van der Waals surface area (Å²) in [5.41, 5.74) is 0.813. The molecule has 2 rings (SSSR count). The Morgan fingerprint density at radius 3 is 3.00 bits per heavy atom. The quantitative estimate of drug-likeness (QED) is 0.634. The van der Waals surface area contributed by atoms with Gasteiger partial charge in [-0.05, 0) is 12.3 Å². The summed E-state index contributed by atoms with van der Waals surface area (Å²) in [6, 6.07) is -1.28. The minimum atomic E-state index is -1.28. The number of nitrogens with one attached hydrogen (secondary N) is 1. The highest BCUT2D eigenvalue weighted by Gasteiger charge is 2.29. The summed E-state index contributed by atoms with van der Waals surface area (Å²) in [6.07, 6.45) is -1.06. The van der Waals surface area contributed by atoms with E-state index in [0.717, 1.165) is 17.4 Å². The van der Waals surface area contributed by atoms with Gasteiger partial charge in [0.1, 0.15) is 0 Å². The van der Waals surface area contributed by atoms with Crippen molar-refractivity contribution in [2.45, 2.75) is 25.5 Å². The third-order valence-electron chi connectivity index (χ3n) is 2.86. The van der Waals surface area contributed by atoms with Crippen molar-refractivity contribution < 1.29 is 19.8 Å². The van der Waals surface area contributed by atoms with Gasteiger partial charge in [-0.25, -0.2) is 4.79 Å². The molecule has 2 aliphatic heterocycles. The van der Waals surface area contributed by atoms with E-state index in [2.05, 4.69) is 10.3 Å². The fourth-order valence-corrected chi connectivity index (χ4v) is 2.85. The Kier molecular flexibility index (Phi) is 4.11. The van der Waals surface area contributed by atoms with Gasteiger partial charge < -0.3 is 20.4 Å². The number of carboxylic acids is 1. The van der Waals surface area contributed by atoms with E-state index in [1.807, 2.05) is 10.3 Å². The highest BCUT2D eigenvalue weighted by molar-refractivity contribution is 8.16. The van der Waals surface area contributed by atoms with Crippen molar-refractivity contribution in [3.8, 4) is 0 Å². The van der Waals surface area contributed by atoms with Crippen LogP contribution in [0.5, 0.6) is 0 Å². The van der Waals surface area contributed by atoms with Crippen molar-refractivity contribution >= 4 is 28.8 Å². The normalized spacial score (nSPS) is 20.4. The number of thioether (sulfide) groups is 1. The molecule has 2 atom stereocenters. The van der Waals surface area contributed by atoms with Crippen LogP contribution in [-0.2, 0) is 9.59 Å². The number of hydrogen-bond donors (Lipinski definition) is 3. The Labute approximate surface area is 114 Å². The standard InChI is InChI=1S/C11H15N3O4S/c1-6(15)9(10(17)18)13-8(16)4-7-5-19-11-12-2-3-14(7)11/h5-6,9,15H,2-4H2,1H3,(H,13,16)(H,17,18). The fourth-order valence-electron chi connectivity index (χ4n) is 1.89. The van der Waals surface area contributed by atoms with Crippen molar-refractivity contribution in [1.29, 1.82) is 0 Å². The maximum Gasteiger partial charge on any atom is 0.328 e. The number of nitrogens with zero attached hydrogens (tertiary/aromatic N) is 2. The van der Waals surface area contributed by atoms with E-state index in [4.69, 9.17) is 5.11 Å². The van der Waals surface area contributed by atoms with Crippen LogP contribution >= 0.6 is 11.8 Å². The number of carbonyl (C=O) groups is 2. The number of carbonyl (C=O) groups excluding carboxylic acids is 1. The second-order valence-electron chi connectivity index (χ2n) is 4.34. The van der Waals surface area contributed by atoms with Crippen LogP contribution in [0.3, 0.4) is 0 Å². The molecule has 2 aliphatic rings. The first-order valence-corrected chi connectivity index (χ1v) is 6.75. The van der Waals surface area contributed by atoms with Gasteiger partial charge in [-0.15, -0.1) is 0 Å². The smallest absolute Gasteiger partial charge is 0.328 e. The predicted octanol–water partition coefficient (Wildman–Crippen LogP) is -0.414. The molecule has 0 aromatic carbocycles. The van der Waals surface area contributed by atoms with Crippen molar-refractivity contribution in [2.75, 3.05) is 13.1 Å². The minimum Gasteiger partial charge on any atom is -0.480 e. The Morgan fingerprint density at radius 2 is 2.37 bits per heavy atom. The van der Waals surface area contributed by atoms with Crippen LogP contribution in [0.25, 0.3) is 0 Å². The second-order valence-corrected chi connectivity index (χ2v) is 5.18. The molecule has 0 radical (unpaired) electrons. The molecule has 0 saturated heterocycles. The maximum atomic E-state index is 11.8. The van der Waals surface area contributed by atoms with Gasteiger partial charge in [0.05, 0.1) is 19.1 Å². The van der Waals surface area contributed by atoms with Crippen LogP contribution in [0.4, 0.5) is 0 Å². The molecular formula is C11H15N3O4S. The number of fused-ring (bicyclic) bond motifs is 1. The van der Waals surface area contributed by atoms with Gasteiger partial charge in [-0.1, -0.05) is 11.8 Å². The van der Waals surface area contributed by atoms with E-state index < -0.39 is 24.0 Å². The number of aliphatic hydroxyl groups excluding tert-OH is 1. The van der Waals surface area contributed by atoms with Gasteiger partial charge in [0, 0.05) is 12.2 Å². The summed E-state index contributed by atoms with van der Waals surface area (Å²) < 4.78 is 0. The summed E-state index contributed by atoms with van der Waals surface area (Å²) in [6.45, 7) is 2.79. The summed E-state index contributed by atoms with van der Waals surface area (Å²) >= 11 is 1.46. The first-order chi connectivity index (χ1) is 8.99. The summed E-state index contributed by atoms with van der Waals surface area (Å²) in [7, 11) is 0. The number of amidine groups is 1. The topological polar surface area (TPSA) is 102 Å². The highest BCUT2D eigenvalue weighted by Crippen LogP contribution is 2.30. The Morgan fingerprint density at radius 1 is 1.63 bits per heavy atom. The van der Waals surface area contributed by atoms with Gasteiger partial charge in [0.15, 0.2) is 11.2 Å². The lowest BCUT2D eigenvalue weighted by atomic mass is 10.1. The number of aliphatic carboxylic acids is 1. The molecule has 2 unspecified atom stereocenters. The number of rotatable bonds is 5. The van der Waals surface area contributed by atoms with Crippen molar-refractivity contribution in [3.63, 3.8) is 0 Å². The molecule has 0 bridgehead atoms. The van der Waals surface area contributed by atoms with Gasteiger partial charge >= 0.3 is 5.97 Å².